The maximum absolute atomic E-state index is 13.8. The number of aliphatic hydroxyl groups excluding tert-OH is 12. The van der Waals surface area contributed by atoms with Gasteiger partial charge in [-0.1, -0.05) is 233 Å². The van der Waals surface area contributed by atoms with Crippen LogP contribution in [0.2, 0.25) is 0 Å². The largest absolute Gasteiger partial charge is 0.462 e. The Labute approximate surface area is 583 Å². The van der Waals surface area contributed by atoms with Gasteiger partial charge >= 0.3 is 11.9 Å². The molecule has 21 atom stereocenters. The third-order valence-corrected chi connectivity index (χ3v) is 19.4. The monoisotopic (exact) mass is 1410 g/mol. The maximum Gasteiger partial charge on any atom is 0.306 e. The standard InChI is InChI=1S/C72H133NO25/c1-4-7-10-13-16-19-22-25-28-31-34-37-40-54(76)73-57-62(83)60(81)52(47-92-71-67(88)64(85)61(82)53(97-71)48-91-70-66(87)63(84)58(79)50(43-74)94-70)96-69(57)98-68-65(86)59(80)51(44-75)95-72(68)90-46-49(93-56(78)42-39-36-33-30-27-24-21-18-15-12-9-6-3)45-89-55(77)41-38-35-32-29-26-23-20-17-14-11-8-5-2/h49-53,57-72,74-75,79-88H,4-48H2,1-3H3,(H,73,76)/t49?,50-,51-,52-,53-,57-,58-,59-,60-,61-,62-,63+,64+,65+,66-,67-,68-,69+,70-,71-,72-/m1/s1. The molecule has 26 nitrogen and oxygen atoms in total. The highest BCUT2D eigenvalue weighted by Gasteiger charge is 2.53. The molecule has 576 valence electrons. The van der Waals surface area contributed by atoms with Gasteiger partial charge in [0.05, 0.1) is 33.0 Å². The Hall–Kier alpha value is -2.39. The van der Waals surface area contributed by atoms with Crippen molar-refractivity contribution in [2.24, 2.45) is 0 Å². The van der Waals surface area contributed by atoms with Crippen molar-refractivity contribution >= 4 is 17.8 Å². The predicted molar refractivity (Wildman–Crippen MR) is 361 cm³/mol. The van der Waals surface area contributed by atoms with Crippen LogP contribution in [0, 0.1) is 0 Å². The number of nitrogens with one attached hydrogen (secondary N) is 1. The number of amides is 1. The van der Waals surface area contributed by atoms with Crippen LogP contribution in [-0.2, 0) is 61.8 Å². The molecule has 4 fully saturated rings. The lowest BCUT2D eigenvalue weighted by atomic mass is 9.95. The van der Waals surface area contributed by atoms with Gasteiger partial charge in [0.1, 0.15) is 104 Å². The summed E-state index contributed by atoms with van der Waals surface area (Å²) < 4.78 is 59.0. The van der Waals surface area contributed by atoms with Gasteiger partial charge in [-0.05, 0) is 19.3 Å². The first-order valence-electron chi connectivity index (χ1n) is 38.2. The fourth-order valence-electron chi connectivity index (χ4n) is 13.0. The number of aliphatic hydroxyl groups is 12. The molecule has 0 aliphatic carbocycles. The zero-order valence-corrected chi connectivity index (χ0v) is 59.6. The molecule has 98 heavy (non-hydrogen) atoms. The van der Waals surface area contributed by atoms with Crippen LogP contribution in [0.25, 0.3) is 0 Å². The molecule has 0 aromatic carbocycles. The average molecular weight is 1410 g/mol. The molecular formula is C72H133NO25. The molecule has 0 saturated carbocycles. The summed E-state index contributed by atoms with van der Waals surface area (Å²) in [5, 5.41) is 133. The van der Waals surface area contributed by atoms with Gasteiger partial charge in [-0.15, -0.1) is 0 Å². The van der Waals surface area contributed by atoms with E-state index in [1.54, 1.807) is 0 Å². The van der Waals surface area contributed by atoms with Crippen molar-refractivity contribution in [2.75, 3.05) is 39.6 Å². The molecule has 4 rings (SSSR count). The van der Waals surface area contributed by atoms with Gasteiger partial charge in [-0.25, -0.2) is 0 Å². The van der Waals surface area contributed by atoms with Crippen LogP contribution < -0.4 is 5.32 Å². The molecule has 13 N–H and O–H groups in total. The minimum atomic E-state index is -1.97. The molecule has 0 aromatic rings. The first-order chi connectivity index (χ1) is 47.4. The first kappa shape index (κ1) is 88.0. The van der Waals surface area contributed by atoms with Crippen LogP contribution in [0.1, 0.15) is 271 Å². The van der Waals surface area contributed by atoms with Crippen molar-refractivity contribution in [3.63, 3.8) is 0 Å². The number of esters is 2. The second-order valence-electron chi connectivity index (χ2n) is 27.8. The van der Waals surface area contributed by atoms with Crippen molar-refractivity contribution in [2.45, 2.75) is 400 Å². The highest BCUT2D eigenvalue weighted by molar-refractivity contribution is 5.76. The fourth-order valence-corrected chi connectivity index (χ4v) is 13.0. The Bertz CT molecular complexity index is 2020. The number of hydrogen-bond donors (Lipinski definition) is 13. The lowest BCUT2D eigenvalue weighted by molar-refractivity contribution is -0.363. The van der Waals surface area contributed by atoms with E-state index in [-0.39, 0.29) is 19.3 Å². The number of hydrogen-bond acceptors (Lipinski definition) is 25. The third-order valence-electron chi connectivity index (χ3n) is 19.4. The first-order valence-corrected chi connectivity index (χ1v) is 38.2. The number of carbonyl (C=O) groups is 3. The van der Waals surface area contributed by atoms with Gasteiger partial charge in [0.25, 0.3) is 0 Å². The third kappa shape index (κ3) is 33.2. The highest BCUT2D eigenvalue weighted by Crippen LogP contribution is 2.33. The smallest absolute Gasteiger partial charge is 0.306 e. The SMILES string of the molecule is CCCCCCCCCCCCCCC(=O)N[C@H]1[C@H](O[C@H]2[C@H](OCC(COC(=O)CCCCCCCCCCCCCC)OC(=O)CCCCCCCCCCCCCC)O[C@H](CO)[C@@H](O)[C@@H]2O)O[C@H](CO[C@@H]2O[C@H](CO[C@@H]3O[C@H](CO)[C@@H](O)[C@H](O)[C@H]3O)[C@@H](O)[C@H](O)[C@H]2O)[C@@H](O)[C@@H]1O. The van der Waals surface area contributed by atoms with Gasteiger partial charge in [-0.2, -0.15) is 0 Å². The topological polar surface area (TPSA) is 398 Å². The Balaban J connectivity index is 1.49. The Morgan fingerprint density at radius 2 is 0.684 bits per heavy atom. The quantitative estimate of drug-likeness (QED) is 0.0241. The number of unbranched alkanes of at least 4 members (excludes halogenated alkanes) is 33. The normalized spacial score (nSPS) is 30.9. The van der Waals surface area contributed by atoms with Crippen LogP contribution >= 0.6 is 0 Å². The molecular weight excluding hydrogens is 1280 g/mol. The van der Waals surface area contributed by atoms with Gasteiger partial charge in [0.15, 0.2) is 31.3 Å². The van der Waals surface area contributed by atoms with E-state index >= 15 is 0 Å². The van der Waals surface area contributed by atoms with Crippen molar-refractivity contribution in [3.8, 4) is 0 Å². The van der Waals surface area contributed by atoms with Crippen molar-refractivity contribution in [1.82, 2.24) is 5.32 Å². The van der Waals surface area contributed by atoms with Crippen molar-refractivity contribution < 1.29 is 123 Å². The van der Waals surface area contributed by atoms with Crippen LogP contribution in [0.4, 0.5) is 0 Å². The summed E-state index contributed by atoms with van der Waals surface area (Å²) in [6.45, 7) is 2.64. The Kier molecular flexibility index (Phi) is 47.2. The van der Waals surface area contributed by atoms with E-state index in [9.17, 15) is 75.7 Å². The molecule has 0 aromatic heterocycles. The Morgan fingerprint density at radius 1 is 0.347 bits per heavy atom. The lowest BCUT2D eigenvalue weighted by Gasteiger charge is -2.47. The average Bonchev–Trinajstić information content (AvgIpc) is 0.804. The summed E-state index contributed by atoms with van der Waals surface area (Å²) in [5.41, 5.74) is 0. The zero-order valence-electron chi connectivity index (χ0n) is 59.6. The second kappa shape index (κ2) is 52.5. The number of rotatable bonds is 56. The van der Waals surface area contributed by atoms with Crippen LogP contribution in [-0.4, -0.2) is 248 Å². The zero-order chi connectivity index (χ0) is 71.5. The summed E-state index contributed by atoms with van der Waals surface area (Å²) >= 11 is 0. The molecule has 0 radical (unpaired) electrons. The molecule has 1 amide bonds. The van der Waals surface area contributed by atoms with E-state index in [1.807, 2.05) is 0 Å². The Morgan fingerprint density at radius 3 is 1.10 bits per heavy atom. The predicted octanol–water partition coefficient (Wildman–Crippen LogP) is 6.13. The molecule has 1 unspecified atom stereocenters. The molecule has 26 heteroatoms. The number of carbonyl (C=O) groups excluding carboxylic acids is 3. The van der Waals surface area contributed by atoms with E-state index in [1.165, 1.54) is 128 Å². The van der Waals surface area contributed by atoms with E-state index in [2.05, 4.69) is 26.1 Å². The van der Waals surface area contributed by atoms with Crippen LogP contribution in [0.5, 0.6) is 0 Å². The van der Waals surface area contributed by atoms with Crippen molar-refractivity contribution in [1.29, 1.82) is 0 Å². The van der Waals surface area contributed by atoms with E-state index < -0.39 is 186 Å². The van der Waals surface area contributed by atoms with Gasteiger partial charge < -0.3 is 114 Å². The highest BCUT2D eigenvalue weighted by atomic mass is 16.8. The van der Waals surface area contributed by atoms with Gasteiger partial charge in [0.2, 0.25) is 5.91 Å². The molecule has 4 saturated heterocycles. The number of ether oxygens (including phenoxy) is 10. The minimum Gasteiger partial charge on any atom is -0.462 e. The lowest BCUT2D eigenvalue weighted by Crippen LogP contribution is -2.68. The summed E-state index contributed by atoms with van der Waals surface area (Å²) in [6, 6.07) is -1.61. The molecule has 0 spiro atoms. The van der Waals surface area contributed by atoms with Crippen molar-refractivity contribution in [3.05, 3.63) is 0 Å². The van der Waals surface area contributed by atoms with Gasteiger partial charge in [0, 0.05) is 19.3 Å². The summed E-state index contributed by atoms with van der Waals surface area (Å²) in [4.78, 5) is 40.5. The molecule has 0 bridgehead atoms. The molecule has 4 aliphatic rings. The van der Waals surface area contributed by atoms with Gasteiger partial charge in [-0.3, -0.25) is 14.4 Å². The summed E-state index contributed by atoms with van der Waals surface area (Å²) in [6.07, 6.45) is 4.62. The minimum absolute atomic E-state index is 0.00347. The fraction of sp³-hybridized carbons (Fsp3) is 0.958. The summed E-state index contributed by atoms with van der Waals surface area (Å²) in [5.74, 6) is -1.64. The maximum atomic E-state index is 13.8. The van der Waals surface area contributed by atoms with E-state index in [0.717, 1.165) is 83.5 Å². The van der Waals surface area contributed by atoms with Crippen LogP contribution in [0.3, 0.4) is 0 Å². The van der Waals surface area contributed by atoms with Crippen LogP contribution in [0.15, 0.2) is 0 Å². The van der Waals surface area contributed by atoms with E-state index in [0.29, 0.717) is 19.3 Å². The second-order valence-corrected chi connectivity index (χ2v) is 27.8. The molecule has 4 heterocycles. The van der Waals surface area contributed by atoms with E-state index in [4.69, 9.17) is 47.4 Å². The molecule has 4 aliphatic heterocycles. The summed E-state index contributed by atoms with van der Waals surface area (Å²) in [7, 11) is 0.